The van der Waals surface area contributed by atoms with Gasteiger partial charge in [-0.3, -0.25) is 0 Å². The van der Waals surface area contributed by atoms with Crippen LogP contribution in [-0.4, -0.2) is 31.1 Å². The number of likely N-dealkylation sites (tertiary alicyclic amines) is 1. The molecule has 2 heteroatoms. The number of nitrogens with two attached hydrogens (primary N) is 1. The molecule has 2 atom stereocenters. The van der Waals surface area contributed by atoms with Crippen LogP contribution >= 0.6 is 0 Å². The fourth-order valence-electron chi connectivity index (χ4n) is 2.40. The third kappa shape index (κ3) is 2.96. The topological polar surface area (TPSA) is 29.3 Å². The minimum atomic E-state index is 0.770. The number of rotatable bonds is 2. The predicted octanol–water partition coefficient (Wildman–Crippen LogP) is 1.70. The average Bonchev–Trinajstić information content (AvgIpc) is 2.27. The van der Waals surface area contributed by atoms with Crippen LogP contribution in [0.2, 0.25) is 0 Å². The van der Waals surface area contributed by atoms with Gasteiger partial charge in [-0.15, -0.1) is 0 Å². The van der Waals surface area contributed by atoms with E-state index in [0.29, 0.717) is 0 Å². The molecule has 1 aliphatic rings. The minimum Gasteiger partial charge on any atom is -0.330 e. The Balaban J connectivity index is 2.49. The van der Waals surface area contributed by atoms with Crippen molar-refractivity contribution < 1.29 is 0 Å². The van der Waals surface area contributed by atoms with E-state index in [1.54, 1.807) is 0 Å². The maximum Gasteiger partial charge on any atom is 0.0115 e. The largest absolute Gasteiger partial charge is 0.330 e. The van der Waals surface area contributed by atoms with Gasteiger partial charge in [0.2, 0.25) is 0 Å². The van der Waals surface area contributed by atoms with Crippen LogP contribution in [0.4, 0.5) is 0 Å². The van der Waals surface area contributed by atoms with Gasteiger partial charge in [-0.2, -0.15) is 0 Å². The lowest BCUT2D eigenvalue weighted by Gasteiger charge is -2.28. The van der Waals surface area contributed by atoms with E-state index in [1.807, 2.05) is 0 Å². The van der Waals surface area contributed by atoms with E-state index < -0.39 is 0 Å². The first-order valence-electron chi connectivity index (χ1n) is 5.55. The standard InChI is InChI=1S/C11H24N2/c1-9(2)11-5-4-10(8-12)6-7-13(11)3/h9-11H,4-8,12H2,1-3H3/t10?,11-/m0/s1. The van der Waals surface area contributed by atoms with E-state index in [2.05, 4.69) is 25.8 Å². The van der Waals surface area contributed by atoms with Crippen molar-refractivity contribution >= 4 is 0 Å². The van der Waals surface area contributed by atoms with Gasteiger partial charge in [-0.1, -0.05) is 13.8 Å². The maximum absolute atomic E-state index is 5.72. The van der Waals surface area contributed by atoms with Crippen molar-refractivity contribution in [1.82, 2.24) is 4.90 Å². The number of hydrogen-bond donors (Lipinski definition) is 1. The molecule has 1 heterocycles. The molecule has 1 saturated heterocycles. The first-order valence-corrected chi connectivity index (χ1v) is 5.55. The molecule has 0 amide bonds. The van der Waals surface area contributed by atoms with Crippen LogP contribution in [0.5, 0.6) is 0 Å². The SMILES string of the molecule is CC(C)[C@@H]1CCC(CN)CCN1C. The molecule has 1 unspecified atom stereocenters. The first-order chi connectivity index (χ1) is 6.15. The Morgan fingerprint density at radius 1 is 1.31 bits per heavy atom. The predicted molar refractivity (Wildman–Crippen MR) is 57.7 cm³/mol. The summed E-state index contributed by atoms with van der Waals surface area (Å²) < 4.78 is 0. The Kier molecular flexibility index (Phi) is 4.20. The molecule has 13 heavy (non-hydrogen) atoms. The summed E-state index contributed by atoms with van der Waals surface area (Å²) in [5.41, 5.74) is 5.72. The molecule has 0 aromatic heterocycles. The highest BCUT2D eigenvalue weighted by Gasteiger charge is 2.23. The van der Waals surface area contributed by atoms with Gasteiger partial charge < -0.3 is 10.6 Å². The molecule has 0 spiro atoms. The van der Waals surface area contributed by atoms with E-state index in [-0.39, 0.29) is 0 Å². The molecule has 2 nitrogen and oxygen atoms in total. The molecule has 1 fully saturated rings. The number of nitrogens with zero attached hydrogens (tertiary/aromatic N) is 1. The molecular formula is C11H24N2. The lowest BCUT2D eigenvalue weighted by atomic mass is 9.95. The molecule has 0 aliphatic carbocycles. The Morgan fingerprint density at radius 3 is 2.54 bits per heavy atom. The molecule has 0 aromatic rings. The first kappa shape index (κ1) is 11.0. The lowest BCUT2D eigenvalue weighted by Crippen LogP contribution is -2.35. The third-order valence-electron chi connectivity index (χ3n) is 3.43. The Hall–Kier alpha value is -0.0800. The number of hydrogen-bond acceptors (Lipinski definition) is 2. The summed E-state index contributed by atoms with van der Waals surface area (Å²) in [6.45, 7) is 6.75. The molecule has 0 radical (unpaired) electrons. The Bertz CT molecular complexity index is 145. The van der Waals surface area contributed by atoms with Crippen molar-refractivity contribution in [2.45, 2.75) is 39.2 Å². The second-order valence-corrected chi connectivity index (χ2v) is 4.76. The average molecular weight is 184 g/mol. The highest BCUT2D eigenvalue weighted by molar-refractivity contribution is 4.78. The molecule has 2 N–H and O–H groups in total. The normalized spacial score (nSPS) is 32.1. The molecule has 0 aromatic carbocycles. The van der Waals surface area contributed by atoms with Crippen LogP contribution in [0, 0.1) is 11.8 Å². The zero-order valence-corrected chi connectivity index (χ0v) is 9.29. The van der Waals surface area contributed by atoms with E-state index in [9.17, 15) is 0 Å². The van der Waals surface area contributed by atoms with Crippen molar-refractivity contribution in [3.05, 3.63) is 0 Å². The fourth-order valence-corrected chi connectivity index (χ4v) is 2.40. The zero-order chi connectivity index (χ0) is 9.84. The van der Waals surface area contributed by atoms with E-state index >= 15 is 0 Å². The van der Waals surface area contributed by atoms with Gasteiger partial charge >= 0.3 is 0 Å². The second kappa shape index (κ2) is 4.97. The molecular weight excluding hydrogens is 160 g/mol. The van der Waals surface area contributed by atoms with Crippen LogP contribution in [-0.2, 0) is 0 Å². The lowest BCUT2D eigenvalue weighted by molar-refractivity contribution is 0.195. The molecule has 0 saturated carbocycles. The smallest absolute Gasteiger partial charge is 0.0115 e. The van der Waals surface area contributed by atoms with E-state index in [4.69, 9.17) is 5.73 Å². The monoisotopic (exact) mass is 184 g/mol. The van der Waals surface area contributed by atoms with Gasteiger partial charge in [-0.25, -0.2) is 0 Å². The summed E-state index contributed by atoms with van der Waals surface area (Å²) in [5, 5.41) is 0. The summed E-state index contributed by atoms with van der Waals surface area (Å²) in [6.07, 6.45) is 3.94. The summed E-state index contributed by atoms with van der Waals surface area (Å²) in [6, 6.07) is 0.775. The Labute approximate surface area is 82.5 Å². The summed E-state index contributed by atoms with van der Waals surface area (Å²) >= 11 is 0. The second-order valence-electron chi connectivity index (χ2n) is 4.76. The highest BCUT2D eigenvalue weighted by Crippen LogP contribution is 2.24. The van der Waals surface area contributed by atoms with E-state index in [0.717, 1.165) is 24.4 Å². The minimum absolute atomic E-state index is 0.770. The van der Waals surface area contributed by atoms with Gasteiger partial charge in [0.15, 0.2) is 0 Å². The van der Waals surface area contributed by atoms with Gasteiger partial charge in [0.1, 0.15) is 0 Å². The van der Waals surface area contributed by atoms with Crippen LogP contribution < -0.4 is 5.73 Å². The molecule has 0 bridgehead atoms. The van der Waals surface area contributed by atoms with Crippen LogP contribution in [0.1, 0.15) is 33.1 Å². The van der Waals surface area contributed by atoms with Crippen LogP contribution in [0.15, 0.2) is 0 Å². The van der Waals surface area contributed by atoms with Crippen LogP contribution in [0.25, 0.3) is 0 Å². The van der Waals surface area contributed by atoms with Crippen molar-refractivity contribution in [2.24, 2.45) is 17.6 Å². The van der Waals surface area contributed by atoms with Gasteiger partial charge in [0, 0.05) is 6.04 Å². The molecule has 78 valence electrons. The summed E-state index contributed by atoms with van der Waals surface area (Å²) in [7, 11) is 2.25. The Morgan fingerprint density at radius 2 is 2.00 bits per heavy atom. The highest BCUT2D eigenvalue weighted by atomic mass is 15.1. The van der Waals surface area contributed by atoms with Crippen molar-refractivity contribution in [3.8, 4) is 0 Å². The van der Waals surface area contributed by atoms with Gasteiger partial charge in [0.25, 0.3) is 0 Å². The quantitative estimate of drug-likeness (QED) is 0.708. The fraction of sp³-hybridized carbons (Fsp3) is 1.00. The van der Waals surface area contributed by atoms with Crippen molar-refractivity contribution in [2.75, 3.05) is 20.1 Å². The van der Waals surface area contributed by atoms with Gasteiger partial charge in [0.05, 0.1) is 0 Å². The molecule has 1 rings (SSSR count). The van der Waals surface area contributed by atoms with Crippen LogP contribution in [0.3, 0.4) is 0 Å². The molecule has 1 aliphatic heterocycles. The van der Waals surface area contributed by atoms with Crippen molar-refractivity contribution in [3.63, 3.8) is 0 Å². The van der Waals surface area contributed by atoms with E-state index in [1.165, 1.54) is 25.8 Å². The summed E-state index contributed by atoms with van der Waals surface area (Å²) in [5.74, 6) is 1.55. The van der Waals surface area contributed by atoms with Crippen molar-refractivity contribution in [1.29, 1.82) is 0 Å². The zero-order valence-electron chi connectivity index (χ0n) is 9.29. The maximum atomic E-state index is 5.72. The van der Waals surface area contributed by atoms with Gasteiger partial charge in [-0.05, 0) is 51.2 Å². The third-order valence-corrected chi connectivity index (χ3v) is 3.43. The summed E-state index contributed by atoms with van der Waals surface area (Å²) in [4.78, 5) is 2.51.